The summed E-state index contributed by atoms with van der Waals surface area (Å²) in [5, 5.41) is 0. The molecule has 1 heterocycles. The number of hydrogen-bond acceptors (Lipinski definition) is 1. The van der Waals surface area contributed by atoms with Crippen LogP contribution >= 0.6 is 12.4 Å². The zero-order chi connectivity index (χ0) is 17.5. The van der Waals surface area contributed by atoms with E-state index in [4.69, 9.17) is 0 Å². The summed E-state index contributed by atoms with van der Waals surface area (Å²) in [7, 11) is 0. The van der Waals surface area contributed by atoms with Crippen molar-refractivity contribution in [3.63, 3.8) is 0 Å². The summed E-state index contributed by atoms with van der Waals surface area (Å²) >= 11 is 0. The van der Waals surface area contributed by atoms with E-state index in [0.717, 1.165) is 13.0 Å². The molecule has 138 valence electrons. The Balaban J connectivity index is 0.00000243. The second-order valence-electron chi connectivity index (χ2n) is 7.23. The first-order valence-corrected chi connectivity index (χ1v) is 9.57. The Labute approximate surface area is 165 Å². The predicted molar refractivity (Wildman–Crippen MR) is 114 cm³/mol. The number of hydrogen-bond donors (Lipinski definition) is 0. The highest BCUT2D eigenvalue weighted by Crippen LogP contribution is 2.27. The number of piperidine rings is 1. The van der Waals surface area contributed by atoms with Crippen LogP contribution in [-0.4, -0.2) is 23.5 Å². The lowest BCUT2D eigenvalue weighted by Crippen LogP contribution is -2.43. The van der Waals surface area contributed by atoms with E-state index in [1.54, 1.807) is 0 Å². The Morgan fingerprint density at radius 3 is 1.85 bits per heavy atom. The minimum atomic E-state index is 0. The highest BCUT2D eigenvalue weighted by Gasteiger charge is 2.23. The molecular formula is C24H30ClN. The maximum Gasteiger partial charge on any atom is 0.0606 e. The van der Waals surface area contributed by atoms with Crippen molar-refractivity contribution >= 4 is 12.4 Å². The molecule has 1 aliphatic heterocycles. The van der Waals surface area contributed by atoms with Gasteiger partial charge in [-0.3, -0.25) is 4.90 Å². The van der Waals surface area contributed by atoms with Gasteiger partial charge in [-0.25, -0.2) is 0 Å². The second kappa shape index (κ2) is 10.4. The molecule has 0 amide bonds. The van der Waals surface area contributed by atoms with Crippen LogP contribution in [0.1, 0.15) is 56.6 Å². The van der Waals surface area contributed by atoms with Crippen molar-refractivity contribution in [1.29, 1.82) is 0 Å². The smallest absolute Gasteiger partial charge is 0.0606 e. The van der Waals surface area contributed by atoms with Gasteiger partial charge in [0.1, 0.15) is 0 Å². The highest BCUT2D eigenvalue weighted by atomic mass is 35.5. The van der Waals surface area contributed by atoms with E-state index in [-0.39, 0.29) is 12.4 Å². The molecule has 0 spiro atoms. The molecule has 2 unspecified atom stereocenters. The molecule has 0 aromatic heterocycles. The van der Waals surface area contributed by atoms with Crippen LogP contribution in [0.3, 0.4) is 0 Å². The fourth-order valence-corrected chi connectivity index (χ4v) is 3.91. The number of rotatable bonds is 4. The number of nitrogens with zero attached hydrogens (tertiary/aromatic N) is 1. The van der Waals surface area contributed by atoms with Crippen molar-refractivity contribution in [3.05, 3.63) is 71.8 Å². The lowest BCUT2D eigenvalue weighted by Gasteiger charge is -2.37. The van der Waals surface area contributed by atoms with E-state index in [0.29, 0.717) is 18.0 Å². The molecular weight excluding hydrogens is 338 g/mol. The molecule has 0 saturated carbocycles. The molecule has 1 saturated heterocycles. The minimum absolute atomic E-state index is 0. The Morgan fingerprint density at radius 2 is 1.35 bits per heavy atom. The molecule has 1 aliphatic rings. The molecule has 0 aliphatic carbocycles. The van der Waals surface area contributed by atoms with Crippen LogP contribution in [0, 0.1) is 11.8 Å². The number of likely N-dealkylation sites (tertiary alicyclic amines) is 1. The first-order valence-electron chi connectivity index (χ1n) is 9.57. The van der Waals surface area contributed by atoms with Crippen molar-refractivity contribution in [1.82, 2.24) is 4.90 Å². The van der Waals surface area contributed by atoms with E-state index in [1.807, 2.05) is 0 Å². The topological polar surface area (TPSA) is 3.24 Å². The summed E-state index contributed by atoms with van der Waals surface area (Å²) in [6, 6.07) is 22.8. The van der Waals surface area contributed by atoms with Crippen molar-refractivity contribution < 1.29 is 0 Å². The lowest BCUT2D eigenvalue weighted by molar-refractivity contribution is 0.121. The van der Waals surface area contributed by atoms with E-state index >= 15 is 0 Å². The zero-order valence-corrected chi connectivity index (χ0v) is 16.7. The molecule has 2 aromatic rings. The van der Waals surface area contributed by atoms with Gasteiger partial charge in [0.15, 0.2) is 0 Å². The first kappa shape index (κ1) is 20.6. The fraction of sp³-hybridized carbons (Fsp3) is 0.417. The molecule has 3 rings (SSSR count). The molecule has 2 atom stereocenters. The van der Waals surface area contributed by atoms with Gasteiger partial charge in [-0.1, -0.05) is 73.0 Å². The molecule has 0 radical (unpaired) electrons. The summed E-state index contributed by atoms with van der Waals surface area (Å²) < 4.78 is 0. The van der Waals surface area contributed by atoms with Crippen LogP contribution < -0.4 is 0 Å². The second-order valence-corrected chi connectivity index (χ2v) is 7.23. The molecule has 1 fully saturated rings. The maximum absolute atomic E-state index is 3.48. The molecule has 0 bridgehead atoms. The third kappa shape index (κ3) is 5.37. The van der Waals surface area contributed by atoms with Gasteiger partial charge < -0.3 is 0 Å². The molecule has 2 heteroatoms. The van der Waals surface area contributed by atoms with Gasteiger partial charge in [0, 0.05) is 24.4 Å². The predicted octanol–water partition coefficient (Wildman–Crippen LogP) is 5.90. The molecule has 1 nitrogen and oxygen atoms in total. The highest BCUT2D eigenvalue weighted by molar-refractivity contribution is 5.85. The van der Waals surface area contributed by atoms with Crippen molar-refractivity contribution in [2.24, 2.45) is 0 Å². The lowest BCUT2D eigenvalue weighted by atomic mass is 9.89. The third-order valence-corrected chi connectivity index (χ3v) is 5.47. The van der Waals surface area contributed by atoms with Crippen molar-refractivity contribution in [3.8, 4) is 11.8 Å². The summed E-state index contributed by atoms with van der Waals surface area (Å²) in [4.78, 5) is 2.57. The Bertz CT molecular complexity index is 652. The standard InChI is InChI=1S/C24H29N.ClH/c1-20-12-11-13-21(2)25(20)19-10-9-18-24(22-14-5-3-6-15-22)23-16-7-4-8-17-23;/h3-8,14-17,20-21,24H,11-13,18-19H2,1-2H3;1H. The normalized spacial score (nSPS) is 20.1. The van der Waals surface area contributed by atoms with Gasteiger partial charge >= 0.3 is 0 Å². The van der Waals surface area contributed by atoms with Crippen molar-refractivity contribution in [2.75, 3.05) is 6.54 Å². The summed E-state index contributed by atoms with van der Waals surface area (Å²) in [6.07, 6.45) is 4.85. The summed E-state index contributed by atoms with van der Waals surface area (Å²) in [5.74, 6) is 7.29. The molecule has 0 N–H and O–H groups in total. The van der Waals surface area contributed by atoms with Gasteiger partial charge in [0.2, 0.25) is 0 Å². The van der Waals surface area contributed by atoms with Gasteiger partial charge in [0.25, 0.3) is 0 Å². The Kier molecular flexibility index (Phi) is 8.23. The average molecular weight is 368 g/mol. The summed E-state index contributed by atoms with van der Waals surface area (Å²) in [5.41, 5.74) is 2.70. The van der Waals surface area contributed by atoms with Gasteiger partial charge in [-0.15, -0.1) is 18.3 Å². The third-order valence-electron chi connectivity index (χ3n) is 5.47. The van der Waals surface area contributed by atoms with E-state index in [2.05, 4.69) is 91.3 Å². The van der Waals surface area contributed by atoms with Crippen LogP contribution in [0.15, 0.2) is 60.7 Å². The maximum atomic E-state index is 3.48. The monoisotopic (exact) mass is 367 g/mol. The summed E-state index contributed by atoms with van der Waals surface area (Å²) in [6.45, 7) is 5.58. The van der Waals surface area contributed by atoms with Crippen LogP contribution in [0.2, 0.25) is 0 Å². The van der Waals surface area contributed by atoms with Gasteiger partial charge in [-0.05, 0) is 37.8 Å². The quantitative estimate of drug-likeness (QED) is 0.608. The Morgan fingerprint density at radius 1 is 0.846 bits per heavy atom. The van der Waals surface area contributed by atoms with Crippen LogP contribution in [0.5, 0.6) is 0 Å². The zero-order valence-electron chi connectivity index (χ0n) is 15.9. The Hall–Kier alpha value is -1.75. The SMILES string of the molecule is CC1CCCC(C)N1CC#CCC(c1ccccc1)c1ccccc1.Cl. The van der Waals surface area contributed by atoms with E-state index < -0.39 is 0 Å². The average Bonchev–Trinajstić information content (AvgIpc) is 2.65. The van der Waals surface area contributed by atoms with Crippen LogP contribution in [-0.2, 0) is 0 Å². The molecule has 26 heavy (non-hydrogen) atoms. The first-order chi connectivity index (χ1) is 12.3. The van der Waals surface area contributed by atoms with Crippen molar-refractivity contribution in [2.45, 2.75) is 57.5 Å². The van der Waals surface area contributed by atoms with Crippen LogP contribution in [0.4, 0.5) is 0 Å². The van der Waals surface area contributed by atoms with Crippen LogP contribution in [0.25, 0.3) is 0 Å². The van der Waals surface area contributed by atoms with E-state index in [9.17, 15) is 0 Å². The largest absolute Gasteiger partial charge is 0.287 e. The minimum Gasteiger partial charge on any atom is -0.287 e. The molecule has 2 aromatic carbocycles. The van der Waals surface area contributed by atoms with Gasteiger partial charge in [0.05, 0.1) is 6.54 Å². The fourth-order valence-electron chi connectivity index (χ4n) is 3.91. The number of halogens is 1. The van der Waals surface area contributed by atoms with E-state index in [1.165, 1.54) is 30.4 Å². The van der Waals surface area contributed by atoms with Gasteiger partial charge in [-0.2, -0.15) is 0 Å². The number of benzene rings is 2.